The number of carbonyl (C=O) groups excluding carboxylic acids is 3. The molecule has 1 aliphatic rings. The maximum absolute atomic E-state index is 12.8. The number of hydroxylamine groups is 1. The summed E-state index contributed by atoms with van der Waals surface area (Å²) in [4.78, 5) is 44.3. The van der Waals surface area contributed by atoms with E-state index in [1.807, 2.05) is 6.07 Å². The van der Waals surface area contributed by atoms with Crippen molar-refractivity contribution in [3.63, 3.8) is 0 Å². The van der Waals surface area contributed by atoms with Crippen LogP contribution in [0.25, 0.3) is 0 Å². The van der Waals surface area contributed by atoms with Gasteiger partial charge in [0, 0.05) is 0 Å². The van der Waals surface area contributed by atoms with Gasteiger partial charge in [-0.25, -0.2) is 5.48 Å². The third-order valence-electron chi connectivity index (χ3n) is 4.40. The Morgan fingerprint density at radius 3 is 2.07 bits per heavy atom. The van der Waals surface area contributed by atoms with Crippen LogP contribution in [0, 0.1) is 0 Å². The number of nitrogens with zero attached hydrogens (tertiary/aromatic N) is 1. The molecule has 1 aliphatic heterocycles. The van der Waals surface area contributed by atoms with Crippen LogP contribution in [0.15, 0.2) is 54.6 Å². The van der Waals surface area contributed by atoms with Crippen molar-refractivity contribution in [3.8, 4) is 0 Å². The van der Waals surface area contributed by atoms with Crippen molar-refractivity contribution in [2.24, 2.45) is 0 Å². The first-order valence-electron chi connectivity index (χ1n) is 9.00. The quantitative estimate of drug-likeness (QED) is 0.379. The second kappa shape index (κ2) is 8.74. The summed E-state index contributed by atoms with van der Waals surface area (Å²) in [6.07, 6.45) is -0.533. The number of fused-ring (bicyclic) bond motifs is 1. The molecule has 9 nitrogen and oxygen atoms in total. The van der Waals surface area contributed by atoms with Gasteiger partial charge in [0.2, 0.25) is 0 Å². The third kappa shape index (κ3) is 4.73. The molecule has 2 atom stereocenters. The van der Waals surface area contributed by atoms with E-state index in [1.165, 1.54) is 19.1 Å². The molecule has 2 aromatic carbocycles. The van der Waals surface area contributed by atoms with E-state index in [1.54, 1.807) is 36.4 Å². The predicted octanol–water partition coefficient (Wildman–Crippen LogP) is 1.26. The van der Waals surface area contributed by atoms with Crippen LogP contribution in [-0.2, 0) is 30.5 Å². The van der Waals surface area contributed by atoms with Gasteiger partial charge in [0.25, 0.3) is 27.8 Å². The molecule has 0 fully saturated rings. The van der Waals surface area contributed by atoms with Gasteiger partial charge in [-0.15, -0.1) is 0 Å². The summed E-state index contributed by atoms with van der Waals surface area (Å²) in [7, 11) is -3.97. The lowest BCUT2D eigenvalue weighted by molar-refractivity contribution is -0.141. The van der Waals surface area contributed by atoms with E-state index >= 15 is 0 Å². The van der Waals surface area contributed by atoms with Gasteiger partial charge < -0.3 is 0 Å². The summed E-state index contributed by atoms with van der Waals surface area (Å²) >= 11 is 0. The largest absolute Gasteiger partial charge is 0.270 e. The summed E-state index contributed by atoms with van der Waals surface area (Å²) in [5.41, 5.74) is 3.20. The summed E-state index contributed by atoms with van der Waals surface area (Å²) in [6.45, 7) is 1.31. The molecule has 158 valence electrons. The van der Waals surface area contributed by atoms with E-state index in [4.69, 9.17) is 9.02 Å². The molecule has 10 heteroatoms. The van der Waals surface area contributed by atoms with Crippen molar-refractivity contribution >= 4 is 27.8 Å². The van der Waals surface area contributed by atoms with Crippen LogP contribution < -0.4 is 5.48 Å². The summed E-state index contributed by atoms with van der Waals surface area (Å²) in [6, 6.07) is 13.5. The molecule has 30 heavy (non-hydrogen) atoms. The SMILES string of the molecule is CC(OS(C)(=O)=O)C(C(=O)NOCc1ccccc1)N1C(=O)c2ccccc2C1=O. The van der Waals surface area contributed by atoms with E-state index in [0.717, 1.165) is 11.8 Å². The fourth-order valence-corrected chi connectivity index (χ4v) is 3.81. The molecule has 0 spiro atoms. The monoisotopic (exact) mass is 432 g/mol. The second-order valence-electron chi connectivity index (χ2n) is 6.72. The summed E-state index contributed by atoms with van der Waals surface area (Å²) < 4.78 is 28.1. The minimum absolute atomic E-state index is 0.0305. The van der Waals surface area contributed by atoms with Crippen molar-refractivity contribution in [2.75, 3.05) is 6.26 Å². The number of hydrogen-bond donors (Lipinski definition) is 1. The Kier molecular flexibility index (Phi) is 6.30. The van der Waals surface area contributed by atoms with Gasteiger partial charge >= 0.3 is 0 Å². The van der Waals surface area contributed by atoms with Crippen LogP contribution in [0.2, 0.25) is 0 Å². The van der Waals surface area contributed by atoms with Crippen molar-refractivity contribution in [1.82, 2.24) is 10.4 Å². The number of amides is 3. The maximum Gasteiger partial charge on any atom is 0.269 e. The van der Waals surface area contributed by atoms with E-state index in [0.29, 0.717) is 4.90 Å². The van der Waals surface area contributed by atoms with E-state index in [9.17, 15) is 22.8 Å². The average molecular weight is 432 g/mol. The zero-order valence-electron chi connectivity index (χ0n) is 16.3. The molecule has 0 radical (unpaired) electrons. The smallest absolute Gasteiger partial charge is 0.269 e. The highest BCUT2D eigenvalue weighted by Gasteiger charge is 2.46. The topological polar surface area (TPSA) is 119 Å². The molecule has 0 aliphatic carbocycles. The third-order valence-corrected chi connectivity index (χ3v) is 5.05. The van der Waals surface area contributed by atoms with Crippen molar-refractivity contribution in [3.05, 3.63) is 71.3 Å². The fraction of sp³-hybridized carbons (Fsp3) is 0.250. The Labute approximate surface area is 173 Å². The minimum Gasteiger partial charge on any atom is -0.270 e. The number of hydrogen-bond acceptors (Lipinski definition) is 7. The van der Waals surface area contributed by atoms with Gasteiger partial charge in [-0.05, 0) is 24.6 Å². The van der Waals surface area contributed by atoms with E-state index < -0.39 is 40.0 Å². The van der Waals surface area contributed by atoms with Crippen molar-refractivity contribution in [1.29, 1.82) is 0 Å². The van der Waals surface area contributed by atoms with E-state index in [-0.39, 0.29) is 17.7 Å². The normalized spacial score (nSPS) is 15.6. The number of benzene rings is 2. The lowest BCUT2D eigenvalue weighted by Crippen LogP contribution is -2.55. The van der Waals surface area contributed by atoms with Gasteiger partial charge in [-0.2, -0.15) is 8.42 Å². The molecule has 0 saturated carbocycles. The average Bonchev–Trinajstić information content (AvgIpc) is 2.93. The molecular weight excluding hydrogens is 412 g/mol. The summed E-state index contributed by atoms with van der Waals surface area (Å²) in [5.74, 6) is -2.33. The van der Waals surface area contributed by atoms with Crippen LogP contribution >= 0.6 is 0 Å². The molecule has 2 unspecified atom stereocenters. The predicted molar refractivity (Wildman–Crippen MR) is 105 cm³/mol. The Balaban J connectivity index is 1.83. The first-order chi connectivity index (χ1) is 14.2. The molecule has 0 bridgehead atoms. The number of carbonyl (C=O) groups is 3. The standard InChI is InChI=1S/C20H20N2O7S/c1-13(29-30(2,26)27)17(18(23)21-28-12-14-8-4-3-5-9-14)22-19(24)15-10-6-7-11-16(15)20(22)25/h3-11,13,17H,12H2,1-2H3,(H,21,23). The van der Waals surface area contributed by atoms with Crippen LogP contribution in [-0.4, -0.2) is 49.4 Å². The van der Waals surface area contributed by atoms with Crippen molar-refractivity contribution < 1.29 is 31.8 Å². The lowest BCUT2D eigenvalue weighted by Gasteiger charge is -2.29. The molecule has 2 aromatic rings. The zero-order valence-corrected chi connectivity index (χ0v) is 17.1. The molecule has 1 N–H and O–H groups in total. The Morgan fingerprint density at radius 2 is 1.53 bits per heavy atom. The van der Waals surface area contributed by atoms with Gasteiger partial charge in [0.05, 0.1) is 24.0 Å². The second-order valence-corrected chi connectivity index (χ2v) is 8.32. The molecule has 0 saturated heterocycles. The van der Waals surface area contributed by atoms with Crippen LogP contribution in [0.1, 0.15) is 33.2 Å². The Hall–Kier alpha value is -3.08. The van der Waals surface area contributed by atoms with E-state index in [2.05, 4.69) is 5.48 Å². The maximum atomic E-state index is 12.8. The molecule has 0 aromatic heterocycles. The highest BCUT2D eigenvalue weighted by molar-refractivity contribution is 7.86. The Bertz CT molecular complexity index is 1030. The zero-order chi connectivity index (χ0) is 21.9. The first kappa shape index (κ1) is 21.6. The van der Waals surface area contributed by atoms with Gasteiger partial charge in [0.1, 0.15) is 12.1 Å². The molecular formula is C20H20N2O7S. The number of rotatable bonds is 8. The Morgan fingerprint density at radius 1 is 1.00 bits per heavy atom. The highest BCUT2D eigenvalue weighted by Crippen LogP contribution is 2.26. The van der Waals surface area contributed by atoms with Gasteiger partial charge in [-0.1, -0.05) is 42.5 Å². The lowest BCUT2D eigenvalue weighted by atomic mass is 10.1. The van der Waals surface area contributed by atoms with Crippen molar-refractivity contribution in [2.45, 2.75) is 25.7 Å². The first-order valence-corrected chi connectivity index (χ1v) is 10.8. The van der Waals surface area contributed by atoms with Gasteiger partial charge in [0.15, 0.2) is 0 Å². The highest BCUT2D eigenvalue weighted by atomic mass is 32.2. The number of nitrogens with one attached hydrogen (secondary N) is 1. The molecule has 1 heterocycles. The van der Waals surface area contributed by atoms with Crippen LogP contribution in [0.4, 0.5) is 0 Å². The minimum atomic E-state index is -3.97. The van der Waals surface area contributed by atoms with Crippen LogP contribution in [0.5, 0.6) is 0 Å². The fourth-order valence-electron chi connectivity index (χ4n) is 3.15. The molecule has 3 amide bonds. The molecule has 3 rings (SSSR count). The summed E-state index contributed by atoms with van der Waals surface area (Å²) in [5, 5.41) is 0. The van der Waals surface area contributed by atoms with Gasteiger partial charge in [-0.3, -0.25) is 28.3 Å². The van der Waals surface area contributed by atoms with Crippen LogP contribution in [0.3, 0.4) is 0 Å². The number of imide groups is 1.